The summed E-state index contributed by atoms with van der Waals surface area (Å²) in [4.78, 5) is 19.7. The number of fused-ring (bicyclic) bond motifs is 2. The van der Waals surface area contributed by atoms with E-state index in [1.165, 1.54) is 4.52 Å². The number of amides is 1. The standard InChI is InChI=1S/C21H18N4.C7H7N5O/c1-3-19-21(16-8-5-4-6-9-16)25-18(10-7-11-20(25)22-19)13-12-17-14-15-24(2)23-17;8-5-4(6(9)13)7-10-2-1-3-12(7)11-5/h4-11,14-15H,3H2,1-2H3;1-3H,(H2,8,11)(H2,9,13). The average molecular weight is 504 g/mol. The third-order valence-electron chi connectivity index (χ3n) is 5.80. The summed E-state index contributed by atoms with van der Waals surface area (Å²) in [5.41, 5.74) is 17.1. The lowest BCUT2D eigenvalue weighted by molar-refractivity contribution is 0.100. The van der Waals surface area contributed by atoms with E-state index in [9.17, 15) is 4.79 Å². The number of nitrogens with two attached hydrogens (primary N) is 2. The molecule has 0 saturated carbocycles. The number of aryl methyl sites for hydroxylation is 2. The normalized spacial score (nSPS) is 10.6. The Hall–Kier alpha value is -5.43. The van der Waals surface area contributed by atoms with Crippen LogP contribution in [0.5, 0.6) is 0 Å². The summed E-state index contributed by atoms with van der Waals surface area (Å²) in [6, 6.07) is 20.0. The van der Waals surface area contributed by atoms with E-state index < -0.39 is 5.91 Å². The molecule has 4 N–H and O–H groups in total. The Morgan fingerprint density at radius 1 is 0.974 bits per heavy atom. The van der Waals surface area contributed by atoms with Crippen molar-refractivity contribution in [1.29, 1.82) is 0 Å². The molecule has 0 unspecified atom stereocenters. The van der Waals surface area contributed by atoms with Crippen molar-refractivity contribution >= 4 is 23.0 Å². The van der Waals surface area contributed by atoms with E-state index in [4.69, 9.17) is 16.5 Å². The first-order chi connectivity index (χ1) is 18.5. The number of hydrogen-bond donors (Lipinski definition) is 2. The van der Waals surface area contributed by atoms with Gasteiger partial charge in [0.25, 0.3) is 5.91 Å². The largest absolute Gasteiger partial charge is 0.381 e. The number of aromatic nitrogens is 7. The highest BCUT2D eigenvalue weighted by molar-refractivity contribution is 6.03. The van der Waals surface area contributed by atoms with Crippen molar-refractivity contribution in [3.63, 3.8) is 0 Å². The monoisotopic (exact) mass is 503 g/mol. The molecule has 10 heteroatoms. The highest BCUT2D eigenvalue weighted by atomic mass is 16.1. The Balaban J connectivity index is 0.000000190. The van der Waals surface area contributed by atoms with Crippen LogP contribution in [0.15, 0.2) is 79.3 Å². The molecular formula is C28H25N9O. The number of nitrogens with zero attached hydrogens (tertiary/aromatic N) is 7. The number of carbonyl (C=O) groups is 1. The first-order valence-electron chi connectivity index (χ1n) is 11.9. The van der Waals surface area contributed by atoms with Crippen LogP contribution >= 0.6 is 0 Å². The number of benzene rings is 1. The van der Waals surface area contributed by atoms with Gasteiger partial charge in [-0.15, -0.1) is 5.10 Å². The van der Waals surface area contributed by atoms with E-state index in [1.807, 2.05) is 43.6 Å². The molecule has 6 rings (SSSR count). The molecule has 0 bridgehead atoms. The van der Waals surface area contributed by atoms with Crippen LogP contribution < -0.4 is 11.5 Å². The van der Waals surface area contributed by atoms with Gasteiger partial charge in [-0.05, 0) is 42.5 Å². The summed E-state index contributed by atoms with van der Waals surface area (Å²) in [7, 11) is 1.89. The molecule has 6 aromatic rings. The molecule has 1 amide bonds. The highest BCUT2D eigenvalue weighted by Crippen LogP contribution is 2.27. The molecule has 38 heavy (non-hydrogen) atoms. The summed E-state index contributed by atoms with van der Waals surface area (Å²) < 4.78 is 5.31. The number of primary amides is 1. The van der Waals surface area contributed by atoms with Crippen molar-refractivity contribution in [2.24, 2.45) is 12.8 Å². The molecule has 0 aliphatic rings. The minimum Gasteiger partial charge on any atom is -0.381 e. The summed E-state index contributed by atoms with van der Waals surface area (Å²) in [5.74, 6) is 5.90. The van der Waals surface area contributed by atoms with Gasteiger partial charge in [-0.25, -0.2) is 14.5 Å². The van der Waals surface area contributed by atoms with Gasteiger partial charge in [0.1, 0.15) is 16.9 Å². The molecule has 1 aromatic carbocycles. The molecule has 0 spiro atoms. The van der Waals surface area contributed by atoms with Gasteiger partial charge < -0.3 is 11.5 Å². The lowest BCUT2D eigenvalue weighted by atomic mass is 10.1. The lowest BCUT2D eigenvalue weighted by Gasteiger charge is -2.06. The summed E-state index contributed by atoms with van der Waals surface area (Å²) in [5, 5.41) is 8.19. The van der Waals surface area contributed by atoms with Gasteiger partial charge in [-0.3, -0.25) is 13.9 Å². The first kappa shape index (κ1) is 24.3. The maximum Gasteiger partial charge on any atom is 0.256 e. The molecule has 5 heterocycles. The molecule has 0 atom stereocenters. The zero-order chi connectivity index (χ0) is 26.6. The number of rotatable bonds is 3. The molecule has 10 nitrogen and oxygen atoms in total. The summed E-state index contributed by atoms with van der Waals surface area (Å²) >= 11 is 0. The van der Waals surface area contributed by atoms with Crippen molar-refractivity contribution in [1.82, 2.24) is 33.8 Å². The number of imidazole rings is 1. The van der Waals surface area contributed by atoms with E-state index in [1.54, 1.807) is 23.1 Å². The Bertz CT molecular complexity index is 1820. The molecule has 0 aliphatic carbocycles. The lowest BCUT2D eigenvalue weighted by Crippen LogP contribution is -2.12. The smallest absolute Gasteiger partial charge is 0.256 e. The maximum atomic E-state index is 10.9. The SMILES string of the molecule is CCc1nc2cccc(C#Cc3ccn(C)n3)n2c1-c1ccccc1.NC(=O)c1c(N)nn2cccnc12. The van der Waals surface area contributed by atoms with Crippen LogP contribution in [0, 0.1) is 11.8 Å². The minimum atomic E-state index is -0.619. The number of hydrogen-bond acceptors (Lipinski definition) is 6. The number of nitrogen functional groups attached to an aromatic ring is 1. The van der Waals surface area contributed by atoms with Crippen molar-refractivity contribution in [2.75, 3.05) is 5.73 Å². The Morgan fingerprint density at radius 3 is 2.50 bits per heavy atom. The molecule has 0 aliphatic heterocycles. The Labute approximate surface area is 218 Å². The van der Waals surface area contributed by atoms with Crippen LogP contribution in [-0.4, -0.2) is 39.7 Å². The van der Waals surface area contributed by atoms with Gasteiger partial charge in [0.05, 0.1) is 17.1 Å². The number of carbonyl (C=O) groups excluding carboxylic acids is 1. The van der Waals surface area contributed by atoms with Gasteiger partial charge in [0.2, 0.25) is 0 Å². The van der Waals surface area contributed by atoms with Gasteiger partial charge in [-0.2, -0.15) is 5.10 Å². The van der Waals surface area contributed by atoms with Crippen LogP contribution in [-0.2, 0) is 13.5 Å². The first-order valence-corrected chi connectivity index (χ1v) is 11.9. The van der Waals surface area contributed by atoms with Crippen molar-refractivity contribution in [3.05, 3.63) is 102 Å². The molecule has 0 saturated heterocycles. The van der Waals surface area contributed by atoms with Gasteiger partial charge in [-0.1, -0.05) is 43.3 Å². The van der Waals surface area contributed by atoms with E-state index in [0.717, 1.165) is 40.4 Å². The second-order valence-corrected chi connectivity index (χ2v) is 8.37. The van der Waals surface area contributed by atoms with E-state index >= 15 is 0 Å². The maximum absolute atomic E-state index is 10.9. The minimum absolute atomic E-state index is 0.103. The second kappa shape index (κ2) is 10.3. The van der Waals surface area contributed by atoms with Crippen molar-refractivity contribution in [2.45, 2.75) is 13.3 Å². The van der Waals surface area contributed by atoms with Crippen LogP contribution in [0.2, 0.25) is 0 Å². The highest BCUT2D eigenvalue weighted by Gasteiger charge is 2.16. The fourth-order valence-electron chi connectivity index (χ4n) is 4.13. The molecule has 188 valence electrons. The fourth-order valence-corrected chi connectivity index (χ4v) is 4.13. The second-order valence-electron chi connectivity index (χ2n) is 8.37. The van der Waals surface area contributed by atoms with Crippen LogP contribution in [0.25, 0.3) is 22.6 Å². The van der Waals surface area contributed by atoms with Gasteiger partial charge in [0, 0.05) is 31.2 Å². The number of anilines is 1. The summed E-state index contributed by atoms with van der Waals surface area (Å²) in [6.45, 7) is 2.13. The van der Waals surface area contributed by atoms with Gasteiger partial charge in [0.15, 0.2) is 11.5 Å². The van der Waals surface area contributed by atoms with Crippen molar-refractivity contribution in [3.8, 4) is 23.1 Å². The summed E-state index contributed by atoms with van der Waals surface area (Å²) in [6.07, 6.45) is 5.96. The quantitative estimate of drug-likeness (QED) is 0.356. The zero-order valence-electron chi connectivity index (χ0n) is 20.9. The Morgan fingerprint density at radius 2 is 1.79 bits per heavy atom. The third-order valence-corrected chi connectivity index (χ3v) is 5.80. The molecule has 0 radical (unpaired) electrons. The molecular weight excluding hydrogens is 478 g/mol. The van der Waals surface area contributed by atoms with Crippen LogP contribution in [0.3, 0.4) is 0 Å². The van der Waals surface area contributed by atoms with Gasteiger partial charge >= 0.3 is 0 Å². The predicted molar refractivity (Wildman–Crippen MR) is 145 cm³/mol. The third kappa shape index (κ3) is 4.68. The van der Waals surface area contributed by atoms with E-state index in [0.29, 0.717) is 5.65 Å². The zero-order valence-corrected chi connectivity index (χ0v) is 20.9. The van der Waals surface area contributed by atoms with E-state index in [-0.39, 0.29) is 11.4 Å². The fraction of sp³-hybridized carbons (Fsp3) is 0.107. The van der Waals surface area contributed by atoms with Crippen LogP contribution in [0.4, 0.5) is 5.82 Å². The Kier molecular flexibility index (Phi) is 6.57. The molecule has 0 fully saturated rings. The average Bonchev–Trinajstić information content (AvgIpc) is 3.62. The van der Waals surface area contributed by atoms with Crippen LogP contribution in [0.1, 0.15) is 34.4 Å². The molecule has 5 aromatic heterocycles. The number of pyridine rings is 1. The predicted octanol–water partition coefficient (Wildman–Crippen LogP) is 3.11. The van der Waals surface area contributed by atoms with Crippen molar-refractivity contribution < 1.29 is 4.79 Å². The topological polar surface area (TPSA) is 134 Å². The van der Waals surface area contributed by atoms with E-state index in [2.05, 4.69) is 62.6 Å².